The predicted molar refractivity (Wildman–Crippen MR) is 72.6 cm³/mol. The molecule has 1 aromatic rings. The van der Waals surface area contributed by atoms with Crippen molar-refractivity contribution in [2.75, 3.05) is 6.61 Å². The normalized spacial score (nSPS) is 16.1. The van der Waals surface area contributed by atoms with Crippen molar-refractivity contribution in [2.45, 2.75) is 25.7 Å². The summed E-state index contributed by atoms with van der Waals surface area (Å²) in [5, 5.41) is 7.52. The van der Waals surface area contributed by atoms with Crippen LogP contribution in [-0.4, -0.2) is 12.4 Å². The van der Waals surface area contributed by atoms with Gasteiger partial charge in [0, 0.05) is 4.47 Å². The van der Waals surface area contributed by atoms with Gasteiger partial charge in [0.25, 0.3) is 0 Å². The Kier molecular flexibility index (Phi) is 4.05. The fraction of sp³-hybridized carbons (Fsp3) is 0.462. The molecule has 0 unspecified atom stereocenters. The van der Waals surface area contributed by atoms with Gasteiger partial charge in [-0.2, -0.15) is 0 Å². The minimum Gasteiger partial charge on any atom is -0.492 e. The highest BCUT2D eigenvalue weighted by Gasteiger charge is 2.16. The van der Waals surface area contributed by atoms with Gasteiger partial charge in [0.05, 0.1) is 12.2 Å². The zero-order valence-electron chi connectivity index (χ0n) is 9.71. The summed E-state index contributed by atoms with van der Waals surface area (Å²) in [7, 11) is 0. The molecule has 17 heavy (non-hydrogen) atoms. The molecule has 92 valence electrons. The predicted octanol–water partition coefficient (Wildman–Crippen LogP) is 3.30. The summed E-state index contributed by atoms with van der Waals surface area (Å²) in [5.74, 6) is 1.42. The molecule has 4 heteroatoms. The Labute approximate surface area is 110 Å². The Morgan fingerprint density at radius 2 is 2.12 bits per heavy atom. The van der Waals surface area contributed by atoms with Gasteiger partial charge in [0.15, 0.2) is 0 Å². The first kappa shape index (κ1) is 12.4. The third kappa shape index (κ3) is 3.22. The van der Waals surface area contributed by atoms with Crippen LogP contribution >= 0.6 is 15.9 Å². The highest BCUT2D eigenvalue weighted by molar-refractivity contribution is 9.10. The lowest BCUT2D eigenvalue weighted by atomic mass is 10.1. The van der Waals surface area contributed by atoms with Crippen molar-refractivity contribution in [3.05, 3.63) is 28.2 Å². The minimum atomic E-state index is 0.0546. The molecule has 0 spiro atoms. The smallest absolute Gasteiger partial charge is 0.131 e. The van der Waals surface area contributed by atoms with Gasteiger partial charge in [-0.05, 0) is 37.0 Å². The van der Waals surface area contributed by atoms with E-state index >= 15 is 0 Å². The molecular weight excluding hydrogens is 280 g/mol. The molecule has 3 nitrogen and oxygen atoms in total. The van der Waals surface area contributed by atoms with Gasteiger partial charge >= 0.3 is 0 Å². The van der Waals surface area contributed by atoms with E-state index in [9.17, 15) is 0 Å². The van der Waals surface area contributed by atoms with Crippen molar-refractivity contribution in [3.8, 4) is 5.75 Å². The van der Waals surface area contributed by atoms with E-state index in [-0.39, 0.29) is 5.84 Å². The number of nitrogen functional groups attached to an aromatic ring is 1. The number of nitrogens with one attached hydrogen (secondary N) is 1. The van der Waals surface area contributed by atoms with Gasteiger partial charge in [0.2, 0.25) is 0 Å². The van der Waals surface area contributed by atoms with E-state index < -0.39 is 0 Å². The van der Waals surface area contributed by atoms with Crippen LogP contribution in [0.3, 0.4) is 0 Å². The summed E-state index contributed by atoms with van der Waals surface area (Å²) in [5.41, 5.74) is 6.21. The number of hydrogen-bond donors (Lipinski definition) is 2. The maximum Gasteiger partial charge on any atom is 0.131 e. The van der Waals surface area contributed by atoms with Crippen LogP contribution in [-0.2, 0) is 0 Å². The average Bonchev–Trinajstić information content (AvgIpc) is 2.78. The van der Waals surface area contributed by atoms with Crippen LogP contribution in [0.5, 0.6) is 5.75 Å². The summed E-state index contributed by atoms with van der Waals surface area (Å²) in [6.07, 6.45) is 5.13. The largest absolute Gasteiger partial charge is 0.492 e. The molecule has 0 radical (unpaired) electrons. The summed E-state index contributed by atoms with van der Waals surface area (Å²) in [6, 6.07) is 5.57. The third-order valence-electron chi connectivity index (χ3n) is 3.18. The number of hydrogen-bond acceptors (Lipinski definition) is 2. The van der Waals surface area contributed by atoms with Crippen molar-refractivity contribution in [1.82, 2.24) is 0 Å². The van der Waals surface area contributed by atoms with Crippen molar-refractivity contribution in [1.29, 1.82) is 5.41 Å². The van der Waals surface area contributed by atoms with Crippen molar-refractivity contribution >= 4 is 21.8 Å². The molecule has 0 bridgehead atoms. The van der Waals surface area contributed by atoms with E-state index in [2.05, 4.69) is 15.9 Å². The number of amidine groups is 1. The molecule has 3 N–H and O–H groups in total. The van der Waals surface area contributed by atoms with Crippen LogP contribution in [0.25, 0.3) is 0 Å². The maximum atomic E-state index is 7.52. The Bertz CT molecular complexity index is 414. The molecule has 2 rings (SSSR count). The third-order valence-corrected chi connectivity index (χ3v) is 3.68. The van der Waals surface area contributed by atoms with Gasteiger partial charge in [-0.25, -0.2) is 0 Å². The highest BCUT2D eigenvalue weighted by atomic mass is 79.9. The molecular formula is C13H17BrN2O. The minimum absolute atomic E-state index is 0.0546. The van der Waals surface area contributed by atoms with E-state index in [1.54, 1.807) is 0 Å². The Morgan fingerprint density at radius 3 is 2.76 bits per heavy atom. The first-order valence-electron chi connectivity index (χ1n) is 5.93. The Balaban J connectivity index is 2.07. The number of rotatable bonds is 4. The molecule has 1 saturated carbocycles. The van der Waals surface area contributed by atoms with E-state index in [4.69, 9.17) is 15.9 Å². The molecule has 0 saturated heterocycles. The fourth-order valence-corrected chi connectivity index (χ4v) is 2.56. The zero-order chi connectivity index (χ0) is 12.3. The van der Waals surface area contributed by atoms with Gasteiger partial charge in [-0.3, -0.25) is 5.41 Å². The molecule has 1 aliphatic carbocycles. The Hall–Kier alpha value is -1.03. The molecule has 0 heterocycles. The van der Waals surface area contributed by atoms with E-state index in [1.165, 1.54) is 25.7 Å². The molecule has 1 aromatic carbocycles. The lowest BCUT2D eigenvalue weighted by Crippen LogP contribution is -2.15. The number of benzene rings is 1. The fourth-order valence-electron chi connectivity index (χ4n) is 2.22. The number of nitrogens with two attached hydrogens (primary N) is 1. The van der Waals surface area contributed by atoms with Crippen LogP contribution in [0.1, 0.15) is 31.2 Å². The lowest BCUT2D eigenvalue weighted by molar-refractivity contribution is 0.251. The molecule has 0 aliphatic heterocycles. The molecule has 1 fully saturated rings. The van der Waals surface area contributed by atoms with Crippen LogP contribution < -0.4 is 10.5 Å². The second kappa shape index (κ2) is 5.54. The van der Waals surface area contributed by atoms with Crippen LogP contribution in [0.15, 0.2) is 22.7 Å². The van der Waals surface area contributed by atoms with Crippen LogP contribution in [0, 0.1) is 11.3 Å². The van der Waals surface area contributed by atoms with Gasteiger partial charge < -0.3 is 10.5 Å². The summed E-state index contributed by atoms with van der Waals surface area (Å²) in [4.78, 5) is 0. The Morgan fingerprint density at radius 1 is 1.41 bits per heavy atom. The van der Waals surface area contributed by atoms with Crippen LogP contribution in [0.4, 0.5) is 0 Å². The number of ether oxygens (including phenoxy) is 1. The first-order valence-corrected chi connectivity index (χ1v) is 6.73. The average molecular weight is 297 g/mol. The maximum absolute atomic E-state index is 7.52. The standard InChI is InChI=1S/C13H17BrN2O/c14-10-5-6-11(13(15)16)12(7-10)17-8-9-3-1-2-4-9/h5-7,9H,1-4,8H2,(H3,15,16). The highest BCUT2D eigenvalue weighted by Crippen LogP contribution is 2.28. The summed E-state index contributed by atoms with van der Waals surface area (Å²) in [6.45, 7) is 0.733. The second-order valence-corrected chi connectivity index (χ2v) is 5.43. The molecule has 0 amide bonds. The SMILES string of the molecule is N=C(N)c1ccc(Br)cc1OCC1CCCC1. The van der Waals surface area contributed by atoms with Gasteiger partial charge in [-0.1, -0.05) is 28.8 Å². The first-order chi connectivity index (χ1) is 8.16. The monoisotopic (exact) mass is 296 g/mol. The zero-order valence-corrected chi connectivity index (χ0v) is 11.3. The lowest BCUT2D eigenvalue weighted by Gasteiger charge is -2.14. The van der Waals surface area contributed by atoms with Crippen molar-refractivity contribution in [3.63, 3.8) is 0 Å². The van der Waals surface area contributed by atoms with E-state index in [0.29, 0.717) is 17.2 Å². The van der Waals surface area contributed by atoms with E-state index in [0.717, 1.165) is 11.1 Å². The summed E-state index contributed by atoms with van der Waals surface area (Å²) >= 11 is 3.41. The van der Waals surface area contributed by atoms with Crippen molar-refractivity contribution in [2.24, 2.45) is 11.7 Å². The topological polar surface area (TPSA) is 59.1 Å². The van der Waals surface area contributed by atoms with E-state index in [1.807, 2.05) is 18.2 Å². The van der Waals surface area contributed by atoms with Gasteiger partial charge in [0.1, 0.15) is 11.6 Å². The molecule has 0 atom stereocenters. The number of halogens is 1. The van der Waals surface area contributed by atoms with Crippen LogP contribution in [0.2, 0.25) is 0 Å². The summed E-state index contributed by atoms with van der Waals surface area (Å²) < 4.78 is 6.76. The molecule has 0 aromatic heterocycles. The molecule has 1 aliphatic rings. The second-order valence-electron chi connectivity index (χ2n) is 4.52. The van der Waals surface area contributed by atoms with Gasteiger partial charge in [-0.15, -0.1) is 0 Å². The van der Waals surface area contributed by atoms with Crippen molar-refractivity contribution < 1.29 is 4.74 Å². The quantitative estimate of drug-likeness (QED) is 0.661.